The van der Waals surface area contributed by atoms with E-state index in [2.05, 4.69) is 11.9 Å². The zero-order chi connectivity index (χ0) is 16.8. The Bertz CT molecular complexity index is 599. The lowest BCUT2D eigenvalue weighted by Crippen LogP contribution is -2.28. The maximum atomic E-state index is 12.0. The molecule has 0 aliphatic carbocycles. The molecule has 1 aliphatic heterocycles. The maximum absolute atomic E-state index is 12.0. The van der Waals surface area contributed by atoms with Crippen molar-refractivity contribution in [2.24, 2.45) is 0 Å². The van der Waals surface area contributed by atoms with Gasteiger partial charge in [-0.25, -0.2) is 4.79 Å². The molecule has 2 heterocycles. The number of rotatable bonds is 7. The van der Waals surface area contributed by atoms with E-state index in [1.54, 1.807) is 6.20 Å². The lowest BCUT2D eigenvalue weighted by Gasteiger charge is -2.15. The van der Waals surface area contributed by atoms with Gasteiger partial charge in [0.2, 0.25) is 0 Å². The minimum Gasteiger partial charge on any atom is -0.394 e. The van der Waals surface area contributed by atoms with Crippen LogP contribution >= 0.6 is 0 Å². The van der Waals surface area contributed by atoms with Crippen molar-refractivity contribution < 1.29 is 14.9 Å². The van der Waals surface area contributed by atoms with Crippen LogP contribution in [0.4, 0.5) is 5.82 Å². The molecule has 7 heteroatoms. The van der Waals surface area contributed by atoms with Crippen LogP contribution in [-0.4, -0.2) is 38.6 Å². The van der Waals surface area contributed by atoms with Crippen LogP contribution in [0.1, 0.15) is 50.8 Å². The zero-order valence-electron chi connectivity index (χ0n) is 13.4. The fraction of sp³-hybridized carbons (Fsp3) is 0.625. The molecular formula is C16H25N3O4. The van der Waals surface area contributed by atoms with Crippen LogP contribution in [0.25, 0.3) is 6.08 Å². The summed E-state index contributed by atoms with van der Waals surface area (Å²) in [5, 5.41) is 18.9. The number of anilines is 1. The third-order valence-electron chi connectivity index (χ3n) is 3.98. The molecule has 23 heavy (non-hydrogen) atoms. The first-order chi connectivity index (χ1) is 11.1. The van der Waals surface area contributed by atoms with Crippen LogP contribution in [0.15, 0.2) is 17.1 Å². The summed E-state index contributed by atoms with van der Waals surface area (Å²) in [5.41, 5.74) is 5.92. The maximum Gasteiger partial charge on any atom is 0.351 e. The third kappa shape index (κ3) is 4.40. The lowest BCUT2D eigenvalue weighted by molar-refractivity contribution is -0.0458. The quantitative estimate of drug-likeness (QED) is 0.647. The molecule has 0 spiro atoms. The Morgan fingerprint density at radius 2 is 2.30 bits per heavy atom. The summed E-state index contributed by atoms with van der Waals surface area (Å²) in [6.07, 6.45) is 7.95. The van der Waals surface area contributed by atoms with Gasteiger partial charge in [0.25, 0.3) is 0 Å². The third-order valence-corrected chi connectivity index (χ3v) is 3.98. The van der Waals surface area contributed by atoms with Gasteiger partial charge in [-0.1, -0.05) is 31.9 Å². The number of ether oxygens (including phenoxy) is 1. The molecule has 0 bridgehead atoms. The number of aliphatic hydroxyl groups excluding tert-OH is 2. The highest BCUT2D eigenvalue weighted by Crippen LogP contribution is 2.28. The molecule has 1 fully saturated rings. The first kappa shape index (κ1) is 17.7. The van der Waals surface area contributed by atoms with Crippen molar-refractivity contribution >= 4 is 11.9 Å². The fourth-order valence-electron chi connectivity index (χ4n) is 2.60. The number of nitrogen functional groups attached to an aromatic ring is 1. The number of aliphatic hydroxyl groups is 2. The monoisotopic (exact) mass is 323 g/mol. The van der Waals surface area contributed by atoms with Crippen molar-refractivity contribution in [3.8, 4) is 0 Å². The second kappa shape index (κ2) is 8.24. The van der Waals surface area contributed by atoms with Crippen LogP contribution in [0.3, 0.4) is 0 Å². The first-order valence-electron chi connectivity index (χ1n) is 8.06. The van der Waals surface area contributed by atoms with E-state index in [4.69, 9.17) is 15.6 Å². The van der Waals surface area contributed by atoms with Gasteiger partial charge < -0.3 is 20.7 Å². The zero-order valence-corrected chi connectivity index (χ0v) is 13.4. The summed E-state index contributed by atoms with van der Waals surface area (Å²) < 4.78 is 6.82. The van der Waals surface area contributed by atoms with Gasteiger partial charge in [-0.3, -0.25) is 4.57 Å². The van der Waals surface area contributed by atoms with Crippen molar-refractivity contribution in [1.29, 1.82) is 0 Å². The normalized spacial score (nSPS) is 24.6. The molecule has 0 aromatic carbocycles. The van der Waals surface area contributed by atoms with Gasteiger partial charge in [-0.15, -0.1) is 0 Å². The van der Waals surface area contributed by atoms with E-state index >= 15 is 0 Å². The predicted octanol–water partition coefficient (Wildman–Crippen LogP) is 1.06. The van der Waals surface area contributed by atoms with Crippen molar-refractivity contribution in [2.45, 2.75) is 57.5 Å². The SMILES string of the molecule is CCCCCC=Cc1cn([C@H]2CC(O)[C@@H](CO)O2)c(=O)nc1N. The van der Waals surface area contributed by atoms with Crippen LogP contribution in [0.5, 0.6) is 0 Å². The van der Waals surface area contributed by atoms with Gasteiger partial charge in [0.15, 0.2) is 0 Å². The molecule has 0 amide bonds. The van der Waals surface area contributed by atoms with E-state index in [1.807, 2.05) is 12.2 Å². The van der Waals surface area contributed by atoms with E-state index in [1.165, 1.54) is 11.0 Å². The highest BCUT2D eigenvalue weighted by atomic mass is 16.5. The Balaban J connectivity index is 2.15. The van der Waals surface area contributed by atoms with E-state index < -0.39 is 24.1 Å². The fourth-order valence-corrected chi connectivity index (χ4v) is 2.60. The van der Waals surface area contributed by atoms with Gasteiger partial charge in [0, 0.05) is 18.2 Å². The average Bonchev–Trinajstić information content (AvgIpc) is 2.89. The molecule has 1 unspecified atom stereocenters. The molecule has 128 valence electrons. The predicted molar refractivity (Wildman–Crippen MR) is 87.7 cm³/mol. The Kier molecular flexibility index (Phi) is 6.32. The number of nitrogens with two attached hydrogens (primary N) is 1. The minimum absolute atomic E-state index is 0.176. The number of nitrogens with zero attached hydrogens (tertiary/aromatic N) is 2. The molecule has 0 radical (unpaired) electrons. The minimum atomic E-state index is -0.803. The molecule has 2 rings (SSSR count). The average molecular weight is 323 g/mol. The van der Waals surface area contributed by atoms with Gasteiger partial charge in [-0.2, -0.15) is 4.98 Å². The molecule has 3 atom stereocenters. The summed E-state index contributed by atoms with van der Waals surface area (Å²) in [6.45, 7) is 1.86. The molecule has 7 nitrogen and oxygen atoms in total. The molecule has 0 saturated carbocycles. The summed E-state index contributed by atoms with van der Waals surface area (Å²) in [5.74, 6) is 0.176. The summed E-state index contributed by atoms with van der Waals surface area (Å²) >= 11 is 0. The van der Waals surface area contributed by atoms with E-state index in [0.29, 0.717) is 5.56 Å². The van der Waals surface area contributed by atoms with Gasteiger partial charge >= 0.3 is 5.69 Å². The smallest absolute Gasteiger partial charge is 0.351 e. The highest BCUT2D eigenvalue weighted by molar-refractivity contribution is 5.59. The lowest BCUT2D eigenvalue weighted by atomic mass is 10.1. The number of aromatic nitrogens is 2. The summed E-state index contributed by atoms with van der Waals surface area (Å²) in [7, 11) is 0. The Morgan fingerprint density at radius 1 is 1.52 bits per heavy atom. The number of unbranched alkanes of at least 4 members (excludes halogenated alkanes) is 3. The second-order valence-electron chi connectivity index (χ2n) is 5.78. The van der Waals surface area contributed by atoms with Crippen LogP contribution in [-0.2, 0) is 4.74 Å². The first-order valence-corrected chi connectivity index (χ1v) is 8.06. The Labute approximate surface area is 135 Å². The number of hydrogen-bond donors (Lipinski definition) is 3. The second-order valence-corrected chi connectivity index (χ2v) is 5.78. The van der Waals surface area contributed by atoms with E-state index in [0.717, 1.165) is 19.3 Å². The van der Waals surface area contributed by atoms with Crippen molar-refractivity contribution in [3.63, 3.8) is 0 Å². The standard InChI is InChI=1S/C16H25N3O4/c1-2-3-4-5-6-7-11-9-19(16(22)18-15(11)17)14-8-12(21)13(10-20)23-14/h6-7,9,12-14,20-21H,2-5,8,10H2,1H3,(H2,17,18,22)/t12?,13-,14-/m1/s1. The highest BCUT2D eigenvalue weighted by Gasteiger charge is 2.35. The van der Waals surface area contributed by atoms with Gasteiger partial charge in [-0.05, 0) is 12.8 Å². The largest absolute Gasteiger partial charge is 0.394 e. The number of allylic oxidation sites excluding steroid dienone is 1. The van der Waals surface area contributed by atoms with Crippen molar-refractivity contribution in [3.05, 3.63) is 28.3 Å². The summed E-state index contributed by atoms with van der Waals surface area (Å²) in [4.78, 5) is 15.8. The van der Waals surface area contributed by atoms with Gasteiger partial charge in [0.1, 0.15) is 18.1 Å². The Hall–Kier alpha value is -1.70. The molecule has 1 aromatic heterocycles. The topological polar surface area (TPSA) is 111 Å². The van der Waals surface area contributed by atoms with Crippen molar-refractivity contribution in [1.82, 2.24) is 9.55 Å². The molecule has 4 N–H and O–H groups in total. The van der Waals surface area contributed by atoms with Crippen LogP contribution in [0.2, 0.25) is 0 Å². The Morgan fingerprint density at radius 3 is 2.96 bits per heavy atom. The van der Waals surface area contributed by atoms with E-state index in [-0.39, 0.29) is 18.8 Å². The van der Waals surface area contributed by atoms with Gasteiger partial charge in [0.05, 0.1) is 12.7 Å². The molecule has 1 aliphatic rings. The van der Waals surface area contributed by atoms with Crippen LogP contribution < -0.4 is 11.4 Å². The molecule has 1 aromatic rings. The molecule has 1 saturated heterocycles. The number of hydrogen-bond acceptors (Lipinski definition) is 6. The van der Waals surface area contributed by atoms with Crippen molar-refractivity contribution in [2.75, 3.05) is 12.3 Å². The van der Waals surface area contributed by atoms with E-state index in [9.17, 15) is 9.90 Å². The summed E-state index contributed by atoms with van der Waals surface area (Å²) in [6, 6.07) is 0. The van der Waals surface area contributed by atoms with Crippen LogP contribution in [0, 0.1) is 0 Å². The molecular weight excluding hydrogens is 298 g/mol.